The van der Waals surface area contributed by atoms with Crippen LogP contribution in [-0.4, -0.2) is 25.1 Å². The number of hydrogen-bond donors (Lipinski definition) is 0. The lowest BCUT2D eigenvalue weighted by Gasteiger charge is -1.95. The molecule has 2 aromatic rings. The van der Waals surface area contributed by atoms with Gasteiger partial charge in [-0.3, -0.25) is 0 Å². The third-order valence-electron chi connectivity index (χ3n) is 1.94. The molecular weight excluding hydrogens is 260 g/mol. The Morgan fingerprint density at radius 3 is 2.60 bits per heavy atom. The van der Waals surface area contributed by atoms with E-state index in [4.69, 9.17) is 0 Å². The molecule has 5 nitrogen and oxygen atoms in total. The minimum Gasteiger partial charge on any atom is -0.244 e. The van der Waals surface area contributed by atoms with E-state index >= 15 is 0 Å². The van der Waals surface area contributed by atoms with Crippen molar-refractivity contribution in [2.24, 2.45) is 0 Å². The maximum Gasteiger partial charge on any atom is 0.368 e. The number of nitrogens with zero attached hydrogens (tertiary/aromatic N) is 4. The second-order valence-corrected chi connectivity index (χ2v) is 3.71. The third-order valence-corrected chi connectivity index (χ3v) is 2.29. The van der Waals surface area contributed by atoms with E-state index in [1.54, 1.807) is 0 Å². The van der Waals surface area contributed by atoms with Gasteiger partial charge in [0.1, 0.15) is 0 Å². The van der Waals surface area contributed by atoms with Crippen LogP contribution in [0.5, 0.6) is 0 Å². The Kier molecular flexibility index (Phi) is 2.96. The largest absolute Gasteiger partial charge is 0.368 e. The second-order valence-electron chi connectivity index (χ2n) is 2.92. The van der Waals surface area contributed by atoms with Gasteiger partial charge < -0.3 is 0 Å². The second kappa shape index (κ2) is 4.39. The van der Waals surface area contributed by atoms with Crippen molar-refractivity contribution in [3.63, 3.8) is 0 Å². The van der Waals surface area contributed by atoms with Crippen molar-refractivity contribution in [3.8, 4) is 5.69 Å². The number of halogens is 1. The van der Waals surface area contributed by atoms with Crippen LogP contribution in [0.2, 0.25) is 0 Å². The van der Waals surface area contributed by atoms with Gasteiger partial charge in [0.15, 0.2) is 0 Å². The van der Waals surface area contributed by atoms with Gasteiger partial charge in [0.05, 0.1) is 12.2 Å². The van der Waals surface area contributed by atoms with Crippen LogP contribution in [0.4, 0.5) is 0 Å². The van der Waals surface area contributed by atoms with Crippen molar-refractivity contribution >= 4 is 15.9 Å². The summed E-state index contributed by atoms with van der Waals surface area (Å²) >= 11 is 3.25. The first-order valence-corrected chi connectivity index (χ1v) is 5.59. The van der Waals surface area contributed by atoms with Gasteiger partial charge in [-0.1, -0.05) is 34.1 Å². The average molecular weight is 269 g/mol. The van der Waals surface area contributed by atoms with Crippen molar-refractivity contribution in [2.45, 2.75) is 6.54 Å². The number of hydrogen-bond acceptors (Lipinski definition) is 3. The Bertz CT molecular complexity index is 490. The molecule has 0 saturated carbocycles. The molecule has 0 bridgehead atoms. The summed E-state index contributed by atoms with van der Waals surface area (Å²) in [5.74, 6) is 0. The molecule has 0 atom stereocenters. The number of para-hydroxylation sites is 1. The first kappa shape index (κ1) is 10.1. The zero-order valence-corrected chi connectivity index (χ0v) is 9.46. The first-order chi connectivity index (χ1) is 7.33. The van der Waals surface area contributed by atoms with Crippen LogP contribution in [0.25, 0.3) is 5.69 Å². The minimum atomic E-state index is -0.222. The lowest BCUT2D eigenvalue weighted by Crippen LogP contribution is -2.24. The molecule has 0 N–H and O–H groups in total. The molecule has 1 heterocycles. The molecule has 78 valence electrons. The molecule has 0 saturated heterocycles. The van der Waals surface area contributed by atoms with E-state index in [2.05, 4.69) is 26.4 Å². The molecule has 0 aliphatic rings. The smallest absolute Gasteiger partial charge is 0.244 e. The molecule has 6 heteroatoms. The van der Waals surface area contributed by atoms with Crippen LogP contribution in [0.1, 0.15) is 0 Å². The van der Waals surface area contributed by atoms with E-state index in [1.165, 1.54) is 9.36 Å². The Balaban J connectivity index is 2.43. The fraction of sp³-hybridized carbons (Fsp3) is 0.222. The van der Waals surface area contributed by atoms with Gasteiger partial charge in [0, 0.05) is 5.33 Å². The van der Waals surface area contributed by atoms with Crippen molar-refractivity contribution in [1.29, 1.82) is 0 Å². The van der Waals surface area contributed by atoms with E-state index in [0.717, 1.165) is 5.69 Å². The summed E-state index contributed by atoms with van der Waals surface area (Å²) in [5.41, 5.74) is 0.504. The molecule has 0 amide bonds. The van der Waals surface area contributed by atoms with E-state index in [1.807, 2.05) is 30.3 Å². The summed E-state index contributed by atoms with van der Waals surface area (Å²) in [4.78, 5) is 11.7. The maximum absolute atomic E-state index is 11.7. The topological polar surface area (TPSA) is 52.7 Å². The fourth-order valence-electron chi connectivity index (χ4n) is 1.23. The summed E-state index contributed by atoms with van der Waals surface area (Å²) in [6, 6.07) is 9.22. The molecular formula is C9H9BrN4O. The van der Waals surface area contributed by atoms with Crippen LogP contribution in [0, 0.1) is 0 Å². The highest BCUT2D eigenvalue weighted by molar-refractivity contribution is 9.09. The van der Waals surface area contributed by atoms with Crippen LogP contribution < -0.4 is 5.69 Å². The molecule has 1 aromatic carbocycles. The Hall–Kier alpha value is -1.43. The summed E-state index contributed by atoms with van der Waals surface area (Å²) in [6.45, 7) is 0.520. The molecule has 0 aliphatic carbocycles. The summed E-state index contributed by atoms with van der Waals surface area (Å²) in [5, 5.41) is 8.25. The van der Waals surface area contributed by atoms with E-state index in [0.29, 0.717) is 11.9 Å². The lowest BCUT2D eigenvalue weighted by atomic mass is 10.3. The van der Waals surface area contributed by atoms with Crippen molar-refractivity contribution in [1.82, 2.24) is 19.8 Å². The first-order valence-electron chi connectivity index (χ1n) is 4.47. The predicted octanol–water partition coefficient (Wildman–Crippen LogP) is 0.824. The number of alkyl halides is 1. The van der Waals surface area contributed by atoms with Crippen molar-refractivity contribution < 1.29 is 0 Å². The van der Waals surface area contributed by atoms with Crippen LogP contribution in [0.15, 0.2) is 35.1 Å². The number of rotatable bonds is 3. The molecule has 2 rings (SSSR count). The van der Waals surface area contributed by atoms with Gasteiger partial charge in [-0.05, 0) is 22.6 Å². The molecule has 0 unspecified atom stereocenters. The molecule has 1 aromatic heterocycles. The lowest BCUT2D eigenvalue weighted by molar-refractivity contribution is 0.617. The third kappa shape index (κ3) is 1.99. The molecule has 0 spiro atoms. The molecule has 15 heavy (non-hydrogen) atoms. The highest BCUT2D eigenvalue weighted by atomic mass is 79.9. The van der Waals surface area contributed by atoms with Crippen LogP contribution >= 0.6 is 15.9 Å². The summed E-state index contributed by atoms with van der Waals surface area (Å²) in [6.07, 6.45) is 0. The maximum atomic E-state index is 11.7. The predicted molar refractivity (Wildman–Crippen MR) is 59.4 cm³/mol. The van der Waals surface area contributed by atoms with Gasteiger partial charge in [-0.25, -0.2) is 4.79 Å². The Morgan fingerprint density at radius 1 is 1.20 bits per heavy atom. The van der Waals surface area contributed by atoms with Crippen LogP contribution in [0.3, 0.4) is 0 Å². The highest BCUT2D eigenvalue weighted by Crippen LogP contribution is 2.00. The number of aromatic nitrogens is 4. The summed E-state index contributed by atoms with van der Waals surface area (Å²) < 4.78 is 2.60. The molecule has 0 radical (unpaired) electrons. The van der Waals surface area contributed by atoms with E-state index < -0.39 is 0 Å². The standard InChI is InChI=1S/C9H9BrN4O/c10-6-7-13-9(15)14(12-11-13)8-4-2-1-3-5-8/h1-5H,6-7H2. The van der Waals surface area contributed by atoms with E-state index in [-0.39, 0.29) is 5.69 Å². The summed E-state index contributed by atoms with van der Waals surface area (Å²) in [7, 11) is 0. The zero-order valence-electron chi connectivity index (χ0n) is 7.88. The van der Waals surface area contributed by atoms with Gasteiger partial charge in [0.25, 0.3) is 0 Å². The van der Waals surface area contributed by atoms with Crippen molar-refractivity contribution in [3.05, 3.63) is 40.8 Å². The molecule has 0 fully saturated rings. The van der Waals surface area contributed by atoms with Gasteiger partial charge in [-0.2, -0.15) is 9.36 Å². The number of benzene rings is 1. The Morgan fingerprint density at radius 2 is 1.93 bits per heavy atom. The molecule has 0 aliphatic heterocycles. The zero-order chi connectivity index (χ0) is 10.7. The SMILES string of the molecule is O=c1n(CCBr)nnn1-c1ccccc1. The average Bonchev–Trinajstić information content (AvgIpc) is 2.63. The normalized spacial score (nSPS) is 10.5. The van der Waals surface area contributed by atoms with E-state index in [9.17, 15) is 4.79 Å². The van der Waals surface area contributed by atoms with Gasteiger partial charge >= 0.3 is 5.69 Å². The minimum absolute atomic E-state index is 0.222. The van der Waals surface area contributed by atoms with Gasteiger partial charge in [-0.15, -0.1) is 0 Å². The number of tetrazole rings is 1. The Labute approximate surface area is 94.4 Å². The fourth-order valence-corrected chi connectivity index (χ4v) is 1.56. The van der Waals surface area contributed by atoms with Gasteiger partial charge in [0.2, 0.25) is 0 Å². The van der Waals surface area contributed by atoms with Crippen LogP contribution in [-0.2, 0) is 6.54 Å². The van der Waals surface area contributed by atoms with Crippen molar-refractivity contribution in [2.75, 3.05) is 5.33 Å². The highest BCUT2D eigenvalue weighted by Gasteiger charge is 2.06. The monoisotopic (exact) mass is 268 g/mol. The number of aryl methyl sites for hydroxylation is 1. The quantitative estimate of drug-likeness (QED) is 0.775.